The van der Waals surface area contributed by atoms with Gasteiger partial charge in [-0.1, -0.05) is 48.0 Å². The van der Waals surface area contributed by atoms with Crippen LogP contribution in [0.3, 0.4) is 0 Å². The molecule has 0 saturated heterocycles. The van der Waals surface area contributed by atoms with Crippen molar-refractivity contribution in [2.24, 2.45) is 0 Å². The van der Waals surface area contributed by atoms with Crippen molar-refractivity contribution in [3.63, 3.8) is 0 Å². The number of sulfonamides is 1. The van der Waals surface area contributed by atoms with E-state index >= 15 is 0 Å². The highest BCUT2D eigenvalue weighted by molar-refractivity contribution is 7.89. The molecule has 2 unspecified atom stereocenters. The lowest BCUT2D eigenvalue weighted by Crippen LogP contribution is -2.25. The Morgan fingerprint density at radius 1 is 0.909 bits per heavy atom. The first kappa shape index (κ1) is 21.1. The van der Waals surface area contributed by atoms with Crippen molar-refractivity contribution in [2.45, 2.75) is 62.6 Å². The van der Waals surface area contributed by atoms with E-state index in [0.717, 1.165) is 11.1 Å². The molecule has 3 aromatic rings. The van der Waals surface area contributed by atoms with Crippen molar-refractivity contribution in [2.75, 3.05) is 7.11 Å². The summed E-state index contributed by atoms with van der Waals surface area (Å²) in [4.78, 5) is 0.364. The molecule has 1 saturated carbocycles. The molecule has 3 aliphatic rings. The normalized spacial score (nSPS) is 21.4. The predicted octanol–water partition coefficient (Wildman–Crippen LogP) is 5.88. The van der Waals surface area contributed by atoms with Crippen LogP contribution in [-0.4, -0.2) is 19.8 Å². The van der Waals surface area contributed by atoms with E-state index in [2.05, 4.69) is 24.3 Å². The third-order valence-corrected chi connectivity index (χ3v) is 9.65. The summed E-state index contributed by atoms with van der Waals surface area (Å²) in [5.74, 6) is 1.15. The van der Waals surface area contributed by atoms with E-state index in [4.69, 9.17) is 4.74 Å². The van der Waals surface area contributed by atoms with E-state index in [1.165, 1.54) is 52.6 Å². The Hall–Kier alpha value is -2.47. The van der Waals surface area contributed by atoms with Crippen LogP contribution in [0.2, 0.25) is 0 Å². The molecule has 6 rings (SSSR count). The number of rotatable bonds is 5. The SMILES string of the molecule is COCc1c2c(c(-c3ccccc3)c3c1C1CCC3C1)CN(S(=O)(=O)c1ccc(C)cc1)C2. The van der Waals surface area contributed by atoms with Gasteiger partial charge in [0.05, 0.1) is 11.5 Å². The number of benzene rings is 3. The fourth-order valence-corrected chi connectivity index (χ4v) is 7.77. The van der Waals surface area contributed by atoms with Gasteiger partial charge in [0.25, 0.3) is 0 Å². The fourth-order valence-electron chi connectivity index (χ4n) is 6.40. The molecule has 0 radical (unpaired) electrons. The molecule has 2 atom stereocenters. The first-order valence-corrected chi connectivity index (χ1v) is 13.2. The topological polar surface area (TPSA) is 46.6 Å². The number of fused-ring (bicyclic) bond motifs is 6. The molecule has 2 aliphatic carbocycles. The number of aryl methyl sites for hydroxylation is 1. The highest BCUT2D eigenvalue weighted by atomic mass is 32.2. The Morgan fingerprint density at radius 3 is 2.27 bits per heavy atom. The number of nitrogens with zero attached hydrogens (tertiary/aromatic N) is 1. The quantitative estimate of drug-likeness (QED) is 0.479. The van der Waals surface area contributed by atoms with E-state index in [0.29, 0.717) is 36.4 Å². The Bertz CT molecular complexity index is 1330. The minimum atomic E-state index is -3.59. The Labute approximate surface area is 196 Å². The molecule has 4 nitrogen and oxygen atoms in total. The molecule has 170 valence electrons. The van der Waals surface area contributed by atoms with Crippen LogP contribution in [0.1, 0.15) is 64.5 Å². The zero-order valence-corrected chi connectivity index (χ0v) is 20.0. The molecule has 1 fully saturated rings. The summed E-state index contributed by atoms with van der Waals surface area (Å²) in [6, 6.07) is 17.8. The van der Waals surface area contributed by atoms with E-state index in [-0.39, 0.29) is 0 Å². The smallest absolute Gasteiger partial charge is 0.243 e. The lowest BCUT2D eigenvalue weighted by Gasteiger charge is -2.26. The van der Waals surface area contributed by atoms with E-state index in [9.17, 15) is 8.42 Å². The van der Waals surface area contributed by atoms with Gasteiger partial charge < -0.3 is 4.74 Å². The summed E-state index contributed by atoms with van der Waals surface area (Å²) in [5.41, 5.74) is 10.1. The highest BCUT2D eigenvalue weighted by Gasteiger charge is 2.44. The Balaban J connectivity index is 1.54. The second-order valence-electron chi connectivity index (χ2n) is 9.73. The third kappa shape index (κ3) is 3.21. The van der Waals surface area contributed by atoms with Gasteiger partial charge in [-0.3, -0.25) is 0 Å². The van der Waals surface area contributed by atoms with E-state index in [1.807, 2.05) is 25.1 Å². The molecule has 5 heteroatoms. The summed E-state index contributed by atoms with van der Waals surface area (Å²) in [7, 11) is -1.84. The average Bonchev–Trinajstić information content (AvgIpc) is 3.55. The Morgan fingerprint density at radius 2 is 1.58 bits per heavy atom. The monoisotopic (exact) mass is 459 g/mol. The van der Waals surface area contributed by atoms with Crippen molar-refractivity contribution in [3.05, 3.63) is 88.0 Å². The molecule has 0 aromatic heterocycles. The van der Waals surface area contributed by atoms with Gasteiger partial charge >= 0.3 is 0 Å². The van der Waals surface area contributed by atoms with E-state index in [1.54, 1.807) is 23.5 Å². The van der Waals surface area contributed by atoms with Crippen molar-refractivity contribution in [1.29, 1.82) is 0 Å². The predicted molar refractivity (Wildman–Crippen MR) is 130 cm³/mol. The van der Waals surface area contributed by atoms with Crippen LogP contribution in [0, 0.1) is 6.92 Å². The summed E-state index contributed by atoms with van der Waals surface area (Å²) in [6.45, 7) is 3.34. The van der Waals surface area contributed by atoms with Gasteiger partial charge in [0.1, 0.15) is 0 Å². The standard InChI is InChI=1S/C28H29NO3S/c1-18-8-12-22(13-9-18)33(30,31)29-15-23-24(16-29)26(19-6-4-3-5-7-19)28-21-11-10-20(14-21)27(28)25(23)17-32-2/h3-9,12-13,20-21H,10-11,14-17H2,1-2H3. The zero-order valence-electron chi connectivity index (χ0n) is 19.2. The van der Waals surface area contributed by atoms with Crippen LogP contribution in [0.4, 0.5) is 0 Å². The van der Waals surface area contributed by atoms with Gasteiger partial charge in [-0.05, 0) is 89.1 Å². The van der Waals surface area contributed by atoms with Gasteiger partial charge in [0.2, 0.25) is 10.0 Å². The number of hydrogen-bond acceptors (Lipinski definition) is 3. The second-order valence-corrected chi connectivity index (χ2v) is 11.7. The summed E-state index contributed by atoms with van der Waals surface area (Å²) >= 11 is 0. The van der Waals surface area contributed by atoms with Crippen molar-refractivity contribution in [3.8, 4) is 11.1 Å². The van der Waals surface area contributed by atoms with Gasteiger partial charge in [0.15, 0.2) is 0 Å². The first-order chi connectivity index (χ1) is 16.0. The molecule has 0 spiro atoms. The third-order valence-electron chi connectivity index (χ3n) is 7.84. The molecule has 0 N–H and O–H groups in total. The lowest BCUT2D eigenvalue weighted by atomic mass is 9.79. The minimum absolute atomic E-state index is 0.364. The molecule has 33 heavy (non-hydrogen) atoms. The molecule has 0 amide bonds. The number of ether oxygens (including phenoxy) is 1. The summed E-state index contributed by atoms with van der Waals surface area (Å²) in [6.07, 6.45) is 3.68. The van der Waals surface area contributed by atoms with Crippen LogP contribution in [0.25, 0.3) is 11.1 Å². The van der Waals surface area contributed by atoms with Crippen molar-refractivity contribution >= 4 is 10.0 Å². The van der Waals surface area contributed by atoms with Crippen LogP contribution >= 0.6 is 0 Å². The van der Waals surface area contributed by atoms with Crippen LogP contribution in [0.15, 0.2) is 59.5 Å². The maximum absolute atomic E-state index is 13.6. The maximum Gasteiger partial charge on any atom is 0.243 e. The highest BCUT2D eigenvalue weighted by Crippen LogP contribution is 2.59. The molecular formula is C28H29NO3S. The molecule has 2 bridgehead atoms. The molecular weight excluding hydrogens is 430 g/mol. The maximum atomic E-state index is 13.6. The van der Waals surface area contributed by atoms with Gasteiger partial charge in [-0.15, -0.1) is 0 Å². The van der Waals surface area contributed by atoms with Gasteiger partial charge in [-0.25, -0.2) is 8.42 Å². The summed E-state index contributed by atoms with van der Waals surface area (Å²) in [5, 5.41) is 0. The van der Waals surface area contributed by atoms with Crippen LogP contribution < -0.4 is 0 Å². The van der Waals surface area contributed by atoms with Gasteiger partial charge in [0, 0.05) is 20.2 Å². The number of methoxy groups -OCH3 is 1. The van der Waals surface area contributed by atoms with Gasteiger partial charge in [-0.2, -0.15) is 4.31 Å². The second kappa shape index (κ2) is 7.79. The van der Waals surface area contributed by atoms with Crippen molar-refractivity contribution in [1.82, 2.24) is 4.31 Å². The molecule has 1 aliphatic heterocycles. The van der Waals surface area contributed by atoms with Crippen molar-refractivity contribution < 1.29 is 13.2 Å². The zero-order chi connectivity index (χ0) is 22.7. The minimum Gasteiger partial charge on any atom is -0.380 e. The Kier molecular flexibility index (Phi) is 4.98. The first-order valence-electron chi connectivity index (χ1n) is 11.8. The average molecular weight is 460 g/mol. The molecule has 1 heterocycles. The lowest BCUT2D eigenvalue weighted by molar-refractivity contribution is 0.183. The molecule has 3 aromatic carbocycles. The number of hydrogen-bond donors (Lipinski definition) is 0. The van der Waals surface area contributed by atoms with Crippen LogP contribution in [0.5, 0.6) is 0 Å². The fraction of sp³-hybridized carbons (Fsp3) is 0.357. The summed E-state index contributed by atoms with van der Waals surface area (Å²) < 4.78 is 34.6. The van der Waals surface area contributed by atoms with Crippen LogP contribution in [-0.2, 0) is 34.5 Å². The van der Waals surface area contributed by atoms with E-state index < -0.39 is 10.0 Å². The largest absolute Gasteiger partial charge is 0.380 e.